The van der Waals surface area contributed by atoms with Crippen LogP contribution in [0.5, 0.6) is 5.75 Å². The maximum absolute atomic E-state index is 13.2. The number of fused-ring (bicyclic) bond motifs is 2. The molecule has 0 atom stereocenters. The van der Waals surface area contributed by atoms with Crippen LogP contribution < -0.4 is 10.1 Å². The van der Waals surface area contributed by atoms with Crippen LogP contribution in [0.4, 0.5) is 5.69 Å². The van der Waals surface area contributed by atoms with Crippen LogP contribution in [0.1, 0.15) is 35.7 Å². The van der Waals surface area contributed by atoms with Crippen molar-refractivity contribution in [3.8, 4) is 11.4 Å². The zero-order valence-corrected chi connectivity index (χ0v) is 21.2. The van der Waals surface area contributed by atoms with Gasteiger partial charge in [-0.15, -0.1) is 10.2 Å². The lowest BCUT2D eigenvalue weighted by Gasteiger charge is -2.13. The molecule has 5 rings (SSSR count). The van der Waals surface area contributed by atoms with E-state index in [9.17, 15) is 4.79 Å². The topological polar surface area (TPSA) is 69.0 Å². The van der Waals surface area contributed by atoms with Gasteiger partial charge >= 0.3 is 0 Å². The van der Waals surface area contributed by atoms with E-state index in [-0.39, 0.29) is 5.91 Å². The van der Waals surface area contributed by atoms with Crippen molar-refractivity contribution >= 4 is 49.3 Å². The molecule has 0 fully saturated rings. The number of amides is 1. The molecule has 0 aliphatic rings. The normalized spacial score (nSPS) is 11.2. The Kier molecular flexibility index (Phi) is 6.51. The van der Waals surface area contributed by atoms with E-state index in [1.165, 1.54) is 18.4 Å². The monoisotopic (exact) mass is 528 g/mol. The van der Waals surface area contributed by atoms with E-state index in [0.717, 1.165) is 32.9 Å². The fraction of sp³-hybridized carbons (Fsp3) is 0.179. The van der Waals surface area contributed by atoms with Crippen LogP contribution >= 0.6 is 15.9 Å². The summed E-state index contributed by atoms with van der Waals surface area (Å²) < 4.78 is 6.31. The van der Waals surface area contributed by atoms with Gasteiger partial charge in [-0.3, -0.25) is 4.79 Å². The molecule has 1 N–H and O–H groups in total. The maximum Gasteiger partial charge on any atom is 0.259 e. The lowest BCUT2D eigenvalue weighted by Crippen LogP contribution is -2.13. The molecule has 1 heterocycles. The summed E-state index contributed by atoms with van der Waals surface area (Å²) in [5.41, 5.74) is 4.75. The van der Waals surface area contributed by atoms with Gasteiger partial charge in [-0.1, -0.05) is 49.7 Å². The minimum atomic E-state index is -0.261. The number of nitrogens with one attached hydrogen (secondary N) is 1. The first-order valence-corrected chi connectivity index (χ1v) is 12.4. The quantitative estimate of drug-likeness (QED) is 0.248. The molecular formula is C28H25BrN4O2. The minimum absolute atomic E-state index is 0.261. The number of unbranched alkanes of at least 4 members (excludes halogenated alkanes) is 1. The predicted octanol–water partition coefficient (Wildman–Crippen LogP) is 6.94. The number of benzene rings is 4. The number of ether oxygens (including phenoxy) is 1. The van der Waals surface area contributed by atoms with Gasteiger partial charge in [0.15, 0.2) is 0 Å². The summed E-state index contributed by atoms with van der Waals surface area (Å²) in [5.74, 6) is 0.235. The molecule has 0 unspecified atom stereocenters. The lowest BCUT2D eigenvalue weighted by atomic mass is 10.1. The number of nitrogens with zero attached hydrogens (tertiary/aromatic N) is 3. The van der Waals surface area contributed by atoms with Crippen molar-refractivity contribution in [2.75, 3.05) is 12.4 Å². The average Bonchev–Trinajstić information content (AvgIpc) is 3.31. The number of hydrogen-bond acceptors (Lipinski definition) is 4. The summed E-state index contributed by atoms with van der Waals surface area (Å²) in [7, 11) is 1.56. The van der Waals surface area contributed by atoms with Crippen molar-refractivity contribution in [1.82, 2.24) is 15.0 Å². The summed E-state index contributed by atoms with van der Waals surface area (Å²) in [5, 5.41) is 14.1. The molecule has 1 amide bonds. The third-order valence-electron chi connectivity index (χ3n) is 6.01. The molecule has 0 aliphatic heterocycles. The molecule has 0 spiro atoms. The summed E-state index contributed by atoms with van der Waals surface area (Å²) >= 11 is 3.59. The fourth-order valence-corrected chi connectivity index (χ4v) is 4.87. The van der Waals surface area contributed by atoms with Crippen LogP contribution in [-0.4, -0.2) is 28.0 Å². The Balaban J connectivity index is 1.41. The SMILES string of the molecule is CCCCc1ccc(-n2nc3ccc(NC(=O)c4cc5ccccc5c(Br)c4OC)cc3n2)cc1. The number of carbonyl (C=O) groups excluding carboxylic acids is 1. The third kappa shape index (κ3) is 4.64. The molecule has 0 saturated heterocycles. The summed E-state index contributed by atoms with van der Waals surface area (Å²) in [6.45, 7) is 2.20. The van der Waals surface area contributed by atoms with Crippen LogP contribution in [-0.2, 0) is 6.42 Å². The molecule has 7 heteroatoms. The van der Waals surface area contributed by atoms with Crippen LogP contribution in [0.25, 0.3) is 27.5 Å². The Morgan fingerprint density at radius 3 is 2.54 bits per heavy atom. The van der Waals surface area contributed by atoms with Gasteiger partial charge < -0.3 is 10.1 Å². The van der Waals surface area contributed by atoms with Gasteiger partial charge in [0, 0.05) is 5.69 Å². The predicted molar refractivity (Wildman–Crippen MR) is 144 cm³/mol. The molecule has 0 aliphatic carbocycles. The van der Waals surface area contributed by atoms with Gasteiger partial charge in [0.1, 0.15) is 16.8 Å². The Morgan fingerprint density at radius 2 is 1.77 bits per heavy atom. The highest BCUT2D eigenvalue weighted by Gasteiger charge is 2.18. The van der Waals surface area contributed by atoms with E-state index >= 15 is 0 Å². The second-order valence-corrected chi connectivity index (χ2v) is 9.20. The first-order valence-electron chi connectivity index (χ1n) is 11.6. The van der Waals surface area contributed by atoms with Crippen LogP contribution in [0.15, 0.2) is 77.3 Å². The van der Waals surface area contributed by atoms with Crippen molar-refractivity contribution in [1.29, 1.82) is 0 Å². The molecule has 6 nitrogen and oxygen atoms in total. The molecule has 4 aromatic carbocycles. The van der Waals surface area contributed by atoms with E-state index in [4.69, 9.17) is 4.74 Å². The number of halogens is 1. The highest BCUT2D eigenvalue weighted by Crippen LogP contribution is 2.37. The number of rotatable bonds is 7. The minimum Gasteiger partial charge on any atom is -0.495 e. The number of anilines is 1. The van der Waals surface area contributed by atoms with Crippen molar-refractivity contribution in [3.05, 3.63) is 88.4 Å². The van der Waals surface area contributed by atoms with Crippen LogP contribution in [0, 0.1) is 0 Å². The van der Waals surface area contributed by atoms with Crippen molar-refractivity contribution in [2.45, 2.75) is 26.2 Å². The Morgan fingerprint density at radius 1 is 1.00 bits per heavy atom. The third-order valence-corrected chi connectivity index (χ3v) is 6.80. The molecular weight excluding hydrogens is 504 g/mol. The second-order valence-electron chi connectivity index (χ2n) is 8.41. The van der Waals surface area contributed by atoms with Crippen molar-refractivity contribution < 1.29 is 9.53 Å². The molecule has 5 aromatic rings. The highest BCUT2D eigenvalue weighted by atomic mass is 79.9. The van der Waals surface area contributed by atoms with Crippen molar-refractivity contribution in [2.24, 2.45) is 0 Å². The summed E-state index contributed by atoms with van der Waals surface area (Å²) in [6, 6.07) is 23.5. The van der Waals surface area contributed by atoms with Gasteiger partial charge in [-0.05, 0) is 81.5 Å². The van der Waals surface area contributed by atoms with Crippen molar-refractivity contribution in [3.63, 3.8) is 0 Å². The zero-order chi connectivity index (χ0) is 24.4. The Labute approximate surface area is 212 Å². The Bertz CT molecular complexity index is 1530. The van der Waals surface area contributed by atoms with Gasteiger partial charge in [0.25, 0.3) is 5.91 Å². The number of aromatic nitrogens is 3. The molecule has 0 radical (unpaired) electrons. The molecule has 0 bridgehead atoms. The van der Waals surface area contributed by atoms with E-state index in [1.807, 2.05) is 60.7 Å². The van der Waals surface area contributed by atoms with Crippen LogP contribution in [0.2, 0.25) is 0 Å². The first-order chi connectivity index (χ1) is 17.1. The second kappa shape index (κ2) is 9.88. The first kappa shape index (κ1) is 23.1. The average molecular weight is 529 g/mol. The largest absolute Gasteiger partial charge is 0.495 e. The van der Waals surface area contributed by atoms with Gasteiger partial charge in [-0.2, -0.15) is 4.80 Å². The number of hydrogen-bond donors (Lipinski definition) is 1. The standard InChI is InChI=1S/C28H25BrN4O2/c1-3-4-7-18-10-13-21(14-11-18)33-31-24-15-12-20(17-25(24)32-33)30-28(34)23-16-19-8-5-6-9-22(19)26(29)27(23)35-2/h5-6,8-17H,3-4,7H2,1-2H3,(H,30,34). The number of methoxy groups -OCH3 is 1. The number of aryl methyl sites for hydroxylation is 1. The smallest absolute Gasteiger partial charge is 0.259 e. The Hall–Kier alpha value is -3.71. The molecule has 176 valence electrons. The lowest BCUT2D eigenvalue weighted by molar-refractivity contribution is 0.102. The maximum atomic E-state index is 13.2. The van der Waals surface area contributed by atoms with Gasteiger partial charge in [-0.25, -0.2) is 0 Å². The highest BCUT2D eigenvalue weighted by molar-refractivity contribution is 9.10. The summed E-state index contributed by atoms with van der Waals surface area (Å²) in [6.07, 6.45) is 3.43. The molecule has 35 heavy (non-hydrogen) atoms. The number of carbonyl (C=O) groups is 1. The zero-order valence-electron chi connectivity index (χ0n) is 19.6. The van der Waals surface area contributed by atoms with E-state index < -0.39 is 0 Å². The van der Waals surface area contributed by atoms with Crippen LogP contribution in [0.3, 0.4) is 0 Å². The fourth-order valence-electron chi connectivity index (χ4n) is 4.14. The molecule has 0 saturated carbocycles. The van der Waals surface area contributed by atoms with E-state index in [1.54, 1.807) is 11.9 Å². The molecule has 1 aromatic heterocycles. The van der Waals surface area contributed by atoms with Gasteiger partial charge in [0.05, 0.1) is 22.8 Å². The summed E-state index contributed by atoms with van der Waals surface area (Å²) in [4.78, 5) is 14.8. The van der Waals surface area contributed by atoms with E-state index in [2.05, 4.69) is 50.5 Å². The van der Waals surface area contributed by atoms with Gasteiger partial charge in [0.2, 0.25) is 0 Å². The van der Waals surface area contributed by atoms with E-state index in [0.29, 0.717) is 22.5 Å².